The first-order valence-electron chi connectivity index (χ1n) is 8.43. The Kier molecular flexibility index (Phi) is 4.18. The summed E-state index contributed by atoms with van der Waals surface area (Å²) in [7, 11) is 0. The van der Waals surface area contributed by atoms with E-state index in [0.29, 0.717) is 23.3 Å². The quantitative estimate of drug-likeness (QED) is 0.686. The van der Waals surface area contributed by atoms with E-state index < -0.39 is 23.3 Å². The highest BCUT2D eigenvalue weighted by atomic mass is 19.4. The van der Waals surface area contributed by atoms with Crippen molar-refractivity contribution >= 4 is 11.6 Å². The van der Waals surface area contributed by atoms with Crippen molar-refractivity contribution in [2.75, 3.05) is 11.4 Å². The van der Waals surface area contributed by atoms with Gasteiger partial charge in [0.15, 0.2) is 11.5 Å². The summed E-state index contributed by atoms with van der Waals surface area (Å²) in [6.07, 6.45) is -0.928. The van der Waals surface area contributed by atoms with E-state index in [4.69, 9.17) is 0 Å². The molecule has 0 radical (unpaired) electrons. The van der Waals surface area contributed by atoms with E-state index in [0.717, 1.165) is 18.2 Å². The Balaban J connectivity index is 1.81. The molecule has 138 valence electrons. The van der Waals surface area contributed by atoms with Gasteiger partial charge in [-0.05, 0) is 36.6 Å². The zero-order valence-corrected chi connectivity index (χ0v) is 14.1. The molecule has 1 aromatic carbocycles. The van der Waals surface area contributed by atoms with E-state index in [9.17, 15) is 18.0 Å². The van der Waals surface area contributed by atoms with Crippen LogP contribution in [-0.4, -0.2) is 27.2 Å². The summed E-state index contributed by atoms with van der Waals surface area (Å²) in [6.45, 7) is 0.363. The summed E-state index contributed by atoms with van der Waals surface area (Å²) >= 11 is 0. The van der Waals surface area contributed by atoms with Crippen LogP contribution in [0.1, 0.15) is 28.0 Å². The number of aromatic nitrogens is 3. The van der Waals surface area contributed by atoms with E-state index in [1.165, 1.54) is 17.2 Å². The molecule has 1 amide bonds. The summed E-state index contributed by atoms with van der Waals surface area (Å²) < 4.78 is 42.0. The molecular formula is C19H15F3N4O. The number of hydrogen-bond donors (Lipinski definition) is 0. The van der Waals surface area contributed by atoms with Crippen molar-refractivity contribution in [1.82, 2.24) is 14.8 Å². The first kappa shape index (κ1) is 17.3. The highest BCUT2D eigenvalue weighted by Crippen LogP contribution is 2.35. The maximum Gasteiger partial charge on any atom is 0.434 e. The molecule has 3 aromatic rings. The largest absolute Gasteiger partial charge is 0.434 e. The van der Waals surface area contributed by atoms with Crippen LogP contribution in [0.2, 0.25) is 0 Å². The fourth-order valence-corrected chi connectivity index (χ4v) is 3.32. The molecule has 2 aromatic heterocycles. The number of rotatable bonds is 2. The number of hydrogen-bond acceptors (Lipinski definition) is 3. The van der Waals surface area contributed by atoms with Crippen molar-refractivity contribution < 1.29 is 18.0 Å². The average Bonchev–Trinajstić information content (AvgIpc) is 3.13. The molecule has 4 rings (SSSR count). The third kappa shape index (κ3) is 3.07. The van der Waals surface area contributed by atoms with E-state index in [2.05, 4.69) is 10.1 Å². The lowest BCUT2D eigenvalue weighted by molar-refractivity contribution is -0.143. The number of fused-ring (bicyclic) bond motifs is 1. The number of para-hydroxylation sites is 1. The molecular weight excluding hydrogens is 357 g/mol. The third-order valence-electron chi connectivity index (χ3n) is 4.49. The van der Waals surface area contributed by atoms with Gasteiger partial charge in [-0.3, -0.25) is 4.79 Å². The Morgan fingerprint density at radius 1 is 1.07 bits per heavy atom. The number of pyridine rings is 1. The van der Waals surface area contributed by atoms with E-state index in [-0.39, 0.29) is 5.82 Å². The fourth-order valence-electron chi connectivity index (χ4n) is 3.32. The summed E-state index contributed by atoms with van der Waals surface area (Å²) in [6, 6.07) is 11.8. The average molecular weight is 372 g/mol. The van der Waals surface area contributed by atoms with Gasteiger partial charge < -0.3 is 4.90 Å². The summed E-state index contributed by atoms with van der Waals surface area (Å²) in [5.41, 5.74) is -0.00523. The van der Waals surface area contributed by atoms with Crippen molar-refractivity contribution in [3.63, 3.8) is 0 Å². The maximum atomic E-state index is 13.8. The normalized spacial score (nSPS) is 14.1. The lowest BCUT2D eigenvalue weighted by atomic mass is 10.0. The van der Waals surface area contributed by atoms with E-state index in [1.807, 2.05) is 12.1 Å². The molecule has 0 N–H and O–H groups in total. The van der Waals surface area contributed by atoms with Gasteiger partial charge in [0, 0.05) is 18.4 Å². The highest BCUT2D eigenvalue weighted by molar-refractivity contribution is 6.07. The van der Waals surface area contributed by atoms with Crippen LogP contribution < -0.4 is 4.90 Å². The molecule has 8 heteroatoms. The highest BCUT2D eigenvalue weighted by Gasteiger charge is 2.42. The third-order valence-corrected chi connectivity index (χ3v) is 4.49. The van der Waals surface area contributed by atoms with Crippen LogP contribution in [0.4, 0.5) is 18.9 Å². The first-order valence-corrected chi connectivity index (χ1v) is 8.43. The predicted molar refractivity (Wildman–Crippen MR) is 92.8 cm³/mol. The second-order valence-electron chi connectivity index (χ2n) is 6.19. The monoisotopic (exact) mass is 372 g/mol. The number of nitrogens with zero attached hydrogens (tertiary/aromatic N) is 4. The number of anilines is 1. The number of halogens is 3. The van der Waals surface area contributed by atoms with Gasteiger partial charge in [0.05, 0.1) is 11.8 Å². The number of aryl methyl sites for hydroxylation is 1. The maximum absolute atomic E-state index is 13.8. The molecule has 1 aliphatic rings. The van der Waals surface area contributed by atoms with Crippen LogP contribution in [0, 0.1) is 0 Å². The number of alkyl halides is 3. The summed E-state index contributed by atoms with van der Waals surface area (Å²) in [5, 5.41) is 3.81. The molecule has 0 saturated carbocycles. The van der Waals surface area contributed by atoms with Gasteiger partial charge in [0.1, 0.15) is 0 Å². The van der Waals surface area contributed by atoms with Crippen molar-refractivity contribution in [3.05, 3.63) is 71.7 Å². The van der Waals surface area contributed by atoms with Crippen molar-refractivity contribution in [1.29, 1.82) is 0 Å². The number of benzene rings is 1. The van der Waals surface area contributed by atoms with Gasteiger partial charge in [0.2, 0.25) is 0 Å². The second kappa shape index (κ2) is 6.53. The Hall–Kier alpha value is -3.16. The minimum absolute atomic E-state index is 0.00270. The van der Waals surface area contributed by atoms with Crippen LogP contribution in [0.3, 0.4) is 0 Å². The zero-order valence-electron chi connectivity index (χ0n) is 14.1. The molecule has 0 unspecified atom stereocenters. The smallest absolute Gasteiger partial charge is 0.308 e. The molecule has 27 heavy (non-hydrogen) atoms. The molecule has 1 aliphatic heterocycles. The molecule has 0 saturated heterocycles. The zero-order chi connectivity index (χ0) is 19.0. The van der Waals surface area contributed by atoms with Crippen LogP contribution >= 0.6 is 0 Å². The molecule has 0 fully saturated rings. The van der Waals surface area contributed by atoms with E-state index >= 15 is 0 Å². The van der Waals surface area contributed by atoms with Gasteiger partial charge in [-0.1, -0.05) is 24.3 Å². The molecule has 3 heterocycles. The topological polar surface area (TPSA) is 51.0 Å². The fraction of sp³-hybridized carbons (Fsp3) is 0.211. The Bertz CT molecular complexity index is 982. The molecule has 0 aliphatic carbocycles. The summed E-state index contributed by atoms with van der Waals surface area (Å²) in [5.74, 6) is -0.709. The van der Waals surface area contributed by atoms with Crippen molar-refractivity contribution in [2.45, 2.75) is 19.0 Å². The molecule has 5 nitrogen and oxygen atoms in total. The van der Waals surface area contributed by atoms with Crippen LogP contribution in [0.25, 0.3) is 5.82 Å². The minimum Gasteiger partial charge on any atom is -0.308 e. The standard InChI is InChI=1S/C19H15F3N4O/c20-19(21,22)17-14(12-24-26(17)16-9-3-4-10-23-16)18(27)25-11-5-7-13-6-1-2-8-15(13)25/h1-4,6,8-10,12H,5,7,11H2. The van der Waals surface area contributed by atoms with Gasteiger partial charge in [-0.25, -0.2) is 9.67 Å². The van der Waals surface area contributed by atoms with Crippen molar-refractivity contribution in [2.24, 2.45) is 0 Å². The molecule has 0 bridgehead atoms. The Morgan fingerprint density at radius 3 is 2.59 bits per heavy atom. The Labute approximate surface area is 153 Å². The molecule has 0 atom stereocenters. The minimum atomic E-state index is -4.76. The Morgan fingerprint density at radius 2 is 1.85 bits per heavy atom. The molecule has 0 spiro atoms. The summed E-state index contributed by atoms with van der Waals surface area (Å²) in [4.78, 5) is 18.3. The van der Waals surface area contributed by atoms with Crippen LogP contribution in [0.15, 0.2) is 54.9 Å². The van der Waals surface area contributed by atoms with Gasteiger partial charge in [-0.15, -0.1) is 0 Å². The lowest BCUT2D eigenvalue weighted by Gasteiger charge is -2.29. The lowest BCUT2D eigenvalue weighted by Crippen LogP contribution is -2.36. The first-order chi connectivity index (χ1) is 13.0. The SMILES string of the molecule is O=C(c1cnn(-c2ccccn2)c1C(F)(F)F)N1CCCc2ccccc21. The number of amides is 1. The predicted octanol–water partition coefficient (Wildman–Crippen LogP) is 3.88. The van der Waals surface area contributed by atoms with Gasteiger partial charge >= 0.3 is 6.18 Å². The van der Waals surface area contributed by atoms with Gasteiger partial charge in [0.25, 0.3) is 5.91 Å². The van der Waals surface area contributed by atoms with Gasteiger partial charge in [-0.2, -0.15) is 18.3 Å². The number of carbonyl (C=O) groups is 1. The second-order valence-corrected chi connectivity index (χ2v) is 6.19. The van der Waals surface area contributed by atoms with Crippen LogP contribution in [0.5, 0.6) is 0 Å². The van der Waals surface area contributed by atoms with E-state index in [1.54, 1.807) is 24.3 Å². The van der Waals surface area contributed by atoms with Crippen molar-refractivity contribution in [3.8, 4) is 5.82 Å². The van der Waals surface area contributed by atoms with Crippen LogP contribution in [-0.2, 0) is 12.6 Å². The number of carbonyl (C=O) groups excluding carboxylic acids is 1.